The average molecular weight is 277 g/mol. The molecule has 21 heavy (non-hydrogen) atoms. The number of para-hydroxylation sites is 2. The van der Waals surface area contributed by atoms with Crippen LogP contribution in [-0.2, 0) is 13.0 Å². The van der Waals surface area contributed by atoms with Gasteiger partial charge in [-0.05, 0) is 43.5 Å². The largest absolute Gasteiger partial charge is 0.385 e. The molecule has 1 N–H and O–H groups in total. The lowest BCUT2D eigenvalue weighted by Crippen LogP contribution is -2.13. The molecule has 4 rings (SSSR count). The van der Waals surface area contributed by atoms with Crippen molar-refractivity contribution in [1.82, 2.24) is 9.55 Å². The second-order valence-corrected chi connectivity index (χ2v) is 5.53. The van der Waals surface area contributed by atoms with Crippen LogP contribution in [0, 0.1) is 0 Å². The van der Waals surface area contributed by atoms with Crippen molar-refractivity contribution in [2.75, 3.05) is 11.9 Å². The average Bonchev–Trinajstić information content (AvgIpc) is 2.92. The Morgan fingerprint density at radius 3 is 2.95 bits per heavy atom. The van der Waals surface area contributed by atoms with E-state index in [1.807, 2.05) is 0 Å². The number of aryl methyl sites for hydroxylation is 1. The smallest absolute Gasteiger partial charge is 0.141 e. The SMILES string of the molecule is CCn1c(-c2cccc3c2CCCN3)nc2ccccc21. The van der Waals surface area contributed by atoms with E-state index in [4.69, 9.17) is 4.98 Å². The summed E-state index contributed by atoms with van der Waals surface area (Å²) in [6.07, 6.45) is 2.32. The third-order valence-electron chi connectivity index (χ3n) is 4.31. The fourth-order valence-corrected chi connectivity index (χ4v) is 3.32. The summed E-state index contributed by atoms with van der Waals surface area (Å²) in [5.41, 5.74) is 6.26. The summed E-state index contributed by atoms with van der Waals surface area (Å²) in [4.78, 5) is 4.90. The van der Waals surface area contributed by atoms with E-state index in [1.165, 1.54) is 28.8 Å². The highest BCUT2D eigenvalue weighted by molar-refractivity contribution is 5.82. The molecule has 3 aromatic rings. The molecule has 0 spiro atoms. The van der Waals surface area contributed by atoms with Gasteiger partial charge in [0, 0.05) is 24.3 Å². The number of benzene rings is 2. The highest BCUT2D eigenvalue weighted by Crippen LogP contribution is 2.33. The van der Waals surface area contributed by atoms with Crippen molar-refractivity contribution in [3.05, 3.63) is 48.0 Å². The predicted molar refractivity (Wildman–Crippen MR) is 87.7 cm³/mol. The van der Waals surface area contributed by atoms with E-state index in [0.717, 1.165) is 30.9 Å². The minimum Gasteiger partial charge on any atom is -0.385 e. The number of aromatic nitrogens is 2. The van der Waals surface area contributed by atoms with Crippen LogP contribution in [0.2, 0.25) is 0 Å². The van der Waals surface area contributed by atoms with Gasteiger partial charge in [0.05, 0.1) is 11.0 Å². The Morgan fingerprint density at radius 2 is 2.05 bits per heavy atom. The third kappa shape index (κ3) is 1.92. The Morgan fingerprint density at radius 1 is 1.14 bits per heavy atom. The fourth-order valence-electron chi connectivity index (χ4n) is 3.32. The molecular formula is C18H19N3. The summed E-state index contributed by atoms with van der Waals surface area (Å²) in [5, 5.41) is 3.51. The van der Waals surface area contributed by atoms with Gasteiger partial charge in [-0.25, -0.2) is 4.98 Å². The number of rotatable bonds is 2. The Labute approximate surface area is 124 Å². The number of hydrogen-bond acceptors (Lipinski definition) is 2. The van der Waals surface area contributed by atoms with Gasteiger partial charge in [-0.3, -0.25) is 0 Å². The predicted octanol–water partition coefficient (Wildman–Crippen LogP) is 4.08. The van der Waals surface area contributed by atoms with Gasteiger partial charge in [0.2, 0.25) is 0 Å². The first-order chi connectivity index (χ1) is 10.4. The molecule has 2 heterocycles. The Kier molecular flexibility index (Phi) is 2.92. The lowest BCUT2D eigenvalue weighted by molar-refractivity contribution is 0.789. The van der Waals surface area contributed by atoms with E-state index in [2.05, 4.69) is 59.3 Å². The van der Waals surface area contributed by atoms with E-state index < -0.39 is 0 Å². The van der Waals surface area contributed by atoms with Crippen molar-refractivity contribution in [2.45, 2.75) is 26.3 Å². The molecule has 1 aromatic heterocycles. The first-order valence-corrected chi connectivity index (χ1v) is 7.70. The molecule has 0 fully saturated rings. The van der Waals surface area contributed by atoms with E-state index in [1.54, 1.807) is 0 Å². The summed E-state index contributed by atoms with van der Waals surface area (Å²) < 4.78 is 2.32. The maximum Gasteiger partial charge on any atom is 0.141 e. The number of hydrogen-bond donors (Lipinski definition) is 1. The molecule has 0 atom stereocenters. The van der Waals surface area contributed by atoms with Crippen molar-refractivity contribution < 1.29 is 0 Å². The summed E-state index contributed by atoms with van der Waals surface area (Å²) in [6.45, 7) is 4.19. The quantitative estimate of drug-likeness (QED) is 0.765. The van der Waals surface area contributed by atoms with Crippen LogP contribution in [0.4, 0.5) is 5.69 Å². The molecule has 0 amide bonds. The third-order valence-corrected chi connectivity index (χ3v) is 4.31. The second-order valence-electron chi connectivity index (χ2n) is 5.53. The van der Waals surface area contributed by atoms with Crippen molar-refractivity contribution >= 4 is 16.7 Å². The minimum atomic E-state index is 0.937. The zero-order valence-electron chi connectivity index (χ0n) is 12.3. The molecule has 0 bridgehead atoms. The molecule has 0 radical (unpaired) electrons. The molecule has 3 nitrogen and oxygen atoms in total. The van der Waals surface area contributed by atoms with Crippen LogP contribution in [0.1, 0.15) is 18.9 Å². The molecule has 1 aliphatic rings. The summed E-state index contributed by atoms with van der Waals surface area (Å²) in [5.74, 6) is 1.10. The highest BCUT2D eigenvalue weighted by atomic mass is 15.1. The standard InChI is InChI=1S/C18H19N3/c1-2-21-17-11-4-3-9-16(17)20-18(21)14-7-5-10-15-13(14)8-6-12-19-15/h3-5,7,9-11,19H,2,6,8,12H2,1H3. The normalized spacial score (nSPS) is 14.0. The van der Waals surface area contributed by atoms with Crippen LogP contribution < -0.4 is 5.32 Å². The van der Waals surface area contributed by atoms with Crippen LogP contribution in [-0.4, -0.2) is 16.1 Å². The topological polar surface area (TPSA) is 29.9 Å². The number of anilines is 1. The highest BCUT2D eigenvalue weighted by Gasteiger charge is 2.18. The number of nitrogens with one attached hydrogen (secondary N) is 1. The van der Waals surface area contributed by atoms with Crippen molar-refractivity contribution in [1.29, 1.82) is 0 Å². The molecule has 0 aliphatic carbocycles. The maximum atomic E-state index is 4.90. The fraction of sp³-hybridized carbons (Fsp3) is 0.278. The first-order valence-electron chi connectivity index (χ1n) is 7.70. The van der Waals surface area contributed by atoms with Gasteiger partial charge in [0.15, 0.2) is 0 Å². The van der Waals surface area contributed by atoms with Crippen molar-refractivity contribution in [3.8, 4) is 11.4 Å². The van der Waals surface area contributed by atoms with Crippen LogP contribution in [0.3, 0.4) is 0 Å². The van der Waals surface area contributed by atoms with Crippen LogP contribution in [0.25, 0.3) is 22.4 Å². The minimum absolute atomic E-state index is 0.937. The molecule has 3 heteroatoms. The molecule has 0 unspecified atom stereocenters. The first kappa shape index (κ1) is 12.5. The number of nitrogens with zero attached hydrogens (tertiary/aromatic N) is 2. The monoisotopic (exact) mass is 277 g/mol. The van der Waals surface area contributed by atoms with E-state index in [-0.39, 0.29) is 0 Å². The Balaban J connectivity index is 1.98. The number of imidazole rings is 1. The van der Waals surface area contributed by atoms with E-state index in [0.29, 0.717) is 0 Å². The van der Waals surface area contributed by atoms with Crippen molar-refractivity contribution in [2.24, 2.45) is 0 Å². The molecule has 106 valence electrons. The van der Waals surface area contributed by atoms with Gasteiger partial charge < -0.3 is 9.88 Å². The summed E-state index contributed by atoms with van der Waals surface area (Å²) in [7, 11) is 0. The summed E-state index contributed by atoms with van der Waals surface area (Å²) in [6, 6.07) is 14.9. The maximum absolute atomic E-state index is 4.90. The van der Waals surface area contributed by atoms with Gasteiger partial charge in [-0.1, -0.05) is 24.3 Å². The lowest BCUT2D eigenvalue weighted by atomic mass is 9.97. The lowest BCUT2D eigenvalue weighted by Gasteiger charge is -2.21. The summed E-state index contributed by atoms with van der Waals surface area (Å²) >= 11 is 0. The van der Waals surface area contributed by atoms with Gasteiger partial charge in [-0.15, -0.1) is 0 Å². The van der Waals surface area contributed by atoms with Crippen LogP contribution >= 0.6 is 0 Å². The molecular weight excluding hydrogens is 258 g/mol. The van der Waals surface area contributed by atoms with Crippen LogP contribution in [0.5, 0.6) is 0 Å². The Hall–Kier alpha value is -2.29. The molecule has 0 saturated carbocycles. The Bertz CT molecular complexity index is 801. The van der Waals surface area contributed by atoms with Crippen LogP contribution in [0.15, 0.2) is 42.5 Å². The van der Waals surface area contributed by atoms with Gasteiger partial charge >= 0.3 is 0 Å². The van der Waals surface area contributed by atoms with E-state index in [9.17, 15) is 0 Å². The molecule has 1 aliphatic heterocycles. The van der Waals surface area contributed by atoms with Gasteiger partial charge in [0.1, 0.15) is 5.82 Å². The molecule has 2 aromatic carbocycles. The van der Waals surface area contributed by atoms with Gasteiger partial charge in [-0.2, -0.15) is 0 Å². The van der Waals surface area contributed by atoms with Crippen molar-refractivity contribution in [3.63, 3.8) is 0 Å². The second kappa shape index (κ2) is 4.92. The zero-order chi connectivity index (χ0) is 14.2. The zero-order valence-corrected chi connectivity index (χ0v) is 12.3. The molecule has 0 saturated heterocycles. The number of fused-ring (bicyclic) bond motifs is 2. The van der Waals surface area contributed by atoms with E-state index >= 15 is 0 Å². The van der Waals surface area contributed by atoms with Gasteiger partial charge in [0.25, 0.3) is 0 Å².